The van der Waals surface area contributed by atoms with Crippen molar-refractivity contribution in [2.75, 3.05) is 26.7 Å². The van der Waals surface area contributed by atoms with Crippen LogP contribution in [-0.2, 0) is 11.3 Å². The van der Waals surface area contributed by atoms with Gasteiger partial charge in [0.1, 0.15) is 0 Å². The Morgan fingerprint density at radius 2 is 2.00 bits per heavy atom. The molecule has 1 saturated heterocycles. The van der Waals surface area contributed by atoms with Crippen molar-refractivity contribution in [3.8, 4) is 0 Å². The Labute approximate surface area is 140 Å². The molecule has 2 N–H and O–H groups in total. The SMILES string of the molecule is CNCCC1CCN(C(C)C(=O)NCc2ccccc2C)CC1. The van der Waals surface area contributed by atoms with Crippen molar-refractivity contribution < 1.29 is 4.79 Å². The molecular weight excluding hydrogens is 286 g/mol. The number of carbonyl (C=O) groups is 1. The minimum absolute atomic E-state index is 0.0377. The fourth-order valence-electron chi connectivity index (χ4n) is 3.28. The van der Waals surface area contributed by atoms with E-state index >= 15 is 0 Å². The highest BCUT2D eigenvalue weighted by Crippen LogP contribution is 2.21. The Morgan fingerprint density at radius 3 is 2.65 bits per heavy atom. The molecule has 4 heteroatoms. The zero-order chi connectivity index (χ0) is 16.7. The maximum atomic E-state index is 12.4. The van der Waals surface area contributed by atoms with Crippen LogP contribution in [0.15, 0.2) is 24.3 Å². The molecular formula is C19H31N3O. The minimum Gasteiger partial charge on any atom is -0.351 e. The van der Waals surface area contributed by atoms with Crippen LogP contribution in [0.3, 0.4) is 0 Å². The zero-order valence-electron chi connectivity index (χ0n) is 14.8. The monoisotopic (exact) mass is 317 g/mol. The van der Waals surface area contributed by atoms with Gasteiger partial charge in [-0.25, -0.2) is 0 Å². The molecule has 1 aromatic rings. The summed E-state index contributed by atoms with van der Waals surface area (Å²) < 4.78 is 0. The van der Waals surface area contributed by atoms with E-state index in [1.165, 1.54) is 30.4 Å². The average Bonchev–Trinajstić information content (AvgIpc) is 2.59. The normalized spacial score (nSPS) is 17.9. The summed E-state index contributed by atoms with van der Waals surface area (Å²) >= 11 is 0. The molecule has 1 atom stereocenters. The van der Waals surface area contributed by atoms with Gasteiger partial charge in [0.05, 0.1) is 6.04 Å². The summed E-state index contributed by atoms with van der Waals surface area (Å²) in [5.74, 6) is 0.947. The van der Waals surface area contributed by atoms with Crippen LogP contribution in [0.5, 0.6) is 0 Å². The van der Waals surface area contributed by atoms with Crippen molar-refractivity contribution in [1.29, 1.82) is 0 Å². The van der Waals surface area contributed by atoms with Gasteiger partial charge in [0.25, 0.3) is 0 Å². The maximum absolute atomic E-state index is 12.4. The molecule has 0 saturated carbocycles. The standard InChI is InChI=1S/C19H31N3O/c1-15-6-4-5-7-18(15)14-21-19(23)16(2)22-12-9-17(10-13-22)8-11-20-3/h4-7,16-17,20H,8-14H2,1-3H3,(H,21,23). The van der Waals surface area contributed by atoms with Gasteiger partial charge in [-0.05, 0) is 76.8 Å². The van der Waals surface area contributed by atoms with Crippen molar-refractivity contribution in [3.05, 3.63) is 35.4 Å². The molecule has 0 aliphatic carbocycles. The first-order valence-electron chi connectivity index (χ1n) is 8.82. The molecule has 0 aromatic heterocycles. The summed E-state index contributed by atoms with van der Waals surface area (Å²) in [6.45, 7) is 7.90. The number of carbonyl (C=O) groups excluding carboxylic acids is 1. The van der Waals surface area contributed by atoms with Gasteiger partial charge in [0.2, 0.25) is 5.91 Å². The molecule has 0 radical (unpaired) electrons. The van der Waals surface area contributed by atoms with Crippen molar-refractivity contribution >= 4 is 5.91 Å². The predicted molar refractivity (Wildman–Crippen MR) is 95.3 cm³/mol. The Bertz CT molecular complexity index is 495. The maximum Gasteiger partial charge on any atom is 0.237 e. The first-order valence-corrected chi connectivity index (χ1v) is 8.82. The molecule has 4 nitrogen and oxygen atoms in total. The first kappa shape index (κ1) is 18.0. The molecule has 1 amide bonds. The van der Waals surface area contributed by atoms with Crippen LogP contribution in [0.2, 0.25) is 0 Å². The smallest absolute Gasteiger partial charge is 0.237 e. The van der Waals surface area contributed by atoms with Gasteiger partial charge in [-0.3, -0.25) is 9.69 Å². The molecule has 1 fully saturated rings. The Hall–Kier alpha value is -1.39. The molecule has 128 valence electrons. The minimum atomic E-state index is -0.0377. The summed E-state index contributed by atoms with van der Waals surface area (Å²) in [7, 11) is 2.01. The van der Waals surface area contributed by atoms with Gasteiger partial charge in [-0.1, -0.05) is 24.3 Å². The average molecular weight is 317 g/mol. The van der Waals surface area contributed by atoms with Crippen LogP contribution >= 0.6 is 0 Å². The highest BCUT2D eigenvalue weighted by Gasteiger charge is 2.26. The highest BCUT2D eigenvalue weighted by molar-refractivity contribution is 5.81. The van der Waals surface area contributed by atoms with Crippen LogP contribution in [-0.4, -0.2) is 43.5 Å². The van der Waals surface area contributed by atoms with Crippen LogP contribution in [0.25, 0.3) is 0 Å². The lowest BCUT2D eigenvalue weighted by molar-refractivity contribution is -0.126. The summed E-state index contributed by atoms with van der Waals surface area (Å²) in [5, 5.41) is 6.32. The Balaban J connectivity index is 1.76. The van der Waals surface area contributed by atoms with Crippen molar-refractivity contribution in [1.82, 2.24) is 15.5 Å². The zero-order valence-corrected chi connectivity index (χ0v) is 14.8. The highest BCUT2D eigenvalue weighted by atomic mass is 16.2. The number of aryl methyl sites for hydroxylation is 1. The van der Waals surface area contributed by atoms with Gasteiger partial charge in [0, 0.05) is 6.54 Å². The third-order valence-electron chi connectivity index (χ3n) is 5.09. The number of likely N-dealkylation sites (tertiary alicyclic amines) is 1. The van der Waals surface area contributed by atoms with E-state index < -0.39 is 0 Å². The third-order valence-corrected chi connectivity index (χ3v) is 5.09. The van der Waals surface area contributed by atoms with Gasteiger partial charge in [-0.15, -0.1) is 0 Å². The van der Waals surface area contributed by atoms with Gasteiger partial charge in [-0.2, -0.15) is 0 Å². The second-order valence-electron chi connectivity index (χ2n) is 6.69. The van der Waals surface area contributed by atoms with Gasteiger partial charge in [0.15, 0.2) is 0 Å². The van der Waals surface area contributed by atoms with Crippen LogP contribution in [0.1, 0.15) is 37.3 Å². The Kier molecular flexibility index (Phi) is 7.06. The number of piperidine rings is 1. The van der Waals surface area contributed by atoms with E-state index in [-0.39, 0.29) is 11.9 Å². The number of hydrogen-bond acceptors (Lipinski definition) is 3. The fraction of sp³-hybridized carbons (Fsp3) is 0.632. The first-order chi connectivity index (χ1) is 11.1. The van der Waals surface area contributed by atoms with Crippen LogP contribution in [0.4, 0.5) is 0 Å². The topological polar surface area (TPSA) is 44.4 Å². The molecule has 2 rings (SSSR count). The molecule has 23 heavy (non-hydrogen) atoms. The lowest BCUT2D eigenvalue weighted by atomic mass is 9.93. The number of hydrogen-bond donors (Lipinski definition) is 2. The van der Waals surface area contributed by atoms with E-state index in [9.17, 15) is 4.79 Å². The number of nitrogens with one attached hydrogen (secondary N) is 2. The summed E-state index contributed by atoms with van der Waals surface area (Å²) in [4.78, 5) is 14.7. The molecule has 0 bridgehead atoms. The second-order valence-corrected chi connectivity index (χ2v) is 6.69. The predicted octanol–water partition coefficient (Wildman–Crippen LogP) is 2.32. The summed E-state index contributed by atoms with van der Waals surface area (Å²) in [6.07, 6.45) is 3.66. The van der Waals surface area contributed by atoms with E-state index in [2.05, 4.69) is 34.6 Å². The van der Waals surface area contributed by atoms with E-state index in [0.717, 1.165) is 25.6 Å². The molecule has 1 aromatic carbocycles. The number of nitrogens with zero attached hydrogens (tertiary/aromatic N) is 1. The number of benzene rings is 1. The van der Waals surface area contributed by atoms with Crippen molar-refractivity contribution in [2.24, 2.45) is 5.92 Å². The van der Waals surface area contributed by atoms with E-state index in [1.807, 2.05) is 26.1 Å². The van der Waals surface area contributed by atoms with E-state index in [0.29, 0.717) is 6.54 Å². The van der Waals surface area contributed by atoms with Gasteiger partial charge < -0.3 is 10.6 Å². The third kappa shape index (κ3) is 5.33. The molecule has 1 heterocycles. The molecule has 1 aliphatic heterocycles. The fourth-order valence-corrected chi connectivity index (χ4v) is 3.28. The lowest BCUT2D eigenvalue weighted by Gasteiger charge is -2.35. The quantitative estimate of drug-likeness (QED) is 0.811. The molecule has 1 unspecified atom stereocenters. The largest absolute Gasteiger partial charge is 0.351 e. The number of amides is 1. The summed E-state index contributed by atoms with van der Waals surface area (Å²) in [6, 6.07) is 8.17. The number of rotatable bonds is 7. The van der Waals surface area contributed by atoms with E-state index in [1.54, 1.807) is 0 Å². The van der Waals surface area contributed by atoms with E-state index in [4.69, 9.17) is 0 Å². The van der Waals surface area contributed by atoms with Crippen LogP contribution in [0, 0.1) is 12.8 Å². The Morgan fingerprint density at radius 1 is 1.30 bits per heavy atom. The van der Waals surface area contributed by atoms with Crippen molar-refractivity contribution in [2.45, 2.75) is 45.7 Å². The van der Waals surface area contributed by atoms with Gasteiger partial charge >= 0.3 is 0 Å². The summed E-state index contributed by atoms with van der Waals surface area (Å²) in [5.41, 5.74) is 2.42. The molecule has 1 aliphatic rings. The second kappa shape index (κ2) is 9.04. The molecule has 0 spiro atoms. The lowest BCUT2D eigenvalue weighted by Crippen LogP contribution is -2.48. The van der Waals surface area contributed by atoms with Crippen molar-refractivity contribution in [3.63, 3.8) is 0 Å². The van der Waals surface area contributed by atoms with Crippen LogP contribution < -0.4 is 10.6 Å².